The molecule has 2 heterocycles. The van der Waals surface area contributed by atoms with Crippen LogP contribution in [0.15, 0.2) is 0 Å². The quantitative estimate of drug-likeness (QED) is 0.792. The van der Waals surface area contributed by atoms with Gasteiger partial charge in [-0.2, -0.15) is 17.0 Å². The lowest BCUT2D eigenvalue weighted by atomic mass is 9.98. The maximum atomic E-state index is 12.6. The Labute approximate surface area is 122 Å². The third-order valence-corrected chi connectivity index (χ3v) is 6.11. The van der Waals surface area contributed by atoms with Crippen molar-refractivity contribution < 1.29 is 13.2 Å². The SMILES string of the molecule is CCNCC1CCN(S(=O)(=O)N2CCOC(C)C2)CC1. The fourth-order valence-corrected chi connectivity index (χ4v) is 4.55. The standard InChI is InChI=1S/C13H27N3O3S/c1-3-14-10-13-4-6-15(7-5-13)20(17,18)16-8-9-19-12(2)11-16/h12-14H,3-11H2,1-2H3. The monoisotopic (exact) mass is 305 g/mol. The van der Waals surface area contributed by atoms with Crippen LogP contribution in [-0.2, 0) is 14.9 Å². The molecule has 0 aromatic carbocycles. The minimum atomic E-state index is -3.30. The van der Waals surface area contributed by atoms with Crippen LogP contribution < -0.4 is 5.32 Å². The predicted molar refractivity (Wildman–Crippen MR) is 78.7 cm³/mol. The second-order valence-electron chi connectivity index (χ2n) is 5.70. The fraction of sp³-hybridized carbons (Fsp3) is 1.00. The van der Waals surface area contributed by atoms with Gasteiger partial charge in [0.2, 0.25) is 0 Å². The Morgan fingerprint density at radius 2 is 1.90 bits per heavy atom. The van der Waals surface area contributed by atoms with Crippen molar-refractivity contribution >= 4 is 10.2 Å². The van der Waals surface area contributed by atoms with Crippen LogP contribution in [0, 0.1) is 5.92 Å². The van der Waals surface area contributed by atoms with Gasteiger partial charge in [0.25, 0.3) is 10.2 Å². The average molecular weight is 305 g/mol. The second kappa shape index (κ2) is 7.17. The van der Waals surface area contributed by atoms with E-state index in [1.165, 1.54) is 0 Å². The van der Waals surface area contributed by atoms with E-state index < -0.39 is 10.2 Å². The molecule has 0 bridgehead atoms. The summed E-state index contributed by atoms with van der Waals surface area (Å²) in [6, 6.07) is 0. The third kappa shape index (κ3) is 3.92. The molecule has 0 radical (unpaired) electrons. The Bertz CT molecular complexity index is 394. The van der Waals surface area contributed by atoms with Crippen LogP contribution in [0.1, 0.15) is 26.7 Å². The van der Waals surface area contributed by atoms with Crippen LogP contribution in [0.3, 0.4) is 0 Å². The van der Waals surface area contributed by atoms with Crippen molar-refractivity contribution in [1.82, 2.24) is 13.9 Å². The number of rotatable bonds is 5. The van der Waals surface area contributed by atoms with Crippen LogP contribution in [0.4, 0.5) is 0 Å². The van der Waals surface area contributed by atoms with E-state index in [2.05, 4.69) is 12.2 Å². The normalized spacial score (nSPS) is 27.8. The van der Waals surface area contributed by atoms with Crippen LogP contribution in [0.25, 0.3) is 0 Å². The van der Waals surface area contributed by atoms with Crippen molar-refractivity contribution in [2.24, 2.45) is 5.92 Å². The number of piperidine rings is 1. The van der Waals surface area contributed by atoms with Crippen LogP contribution in [0.2, 0.25) is 0 Å². The molecule has 2 saturated heterocycles. The summed E-state index contributed by atoms with van der Waals surface area (Å²) in [6.07, 6.45) is 1.89. The molecule has 0 aromatic rings. The molecule has 20 heavy (non-hydrogen) atoms. The van der Waals surface area contributed by atoms with E-state index in [4.69, 9.17) is 4.74 Å². The molecule has 2 aliphatic rings. The Hall–Kier alpha value is -0.210. The number of morpholine rings is 1. The summed E-state index contributed by atoms with van der Waals surface area (Å²) in [7, 11) is -3.30. The van der Waals surface area contributed by atoms with Crippen molar-refractivity contribution in [3.8, 4) is 0 Å². The smallest absolute Gasteiger partial charge is 0.282 e. The highest BCUT2D eigenvalue weighted by molar-refractivity contribution is 7.86. The second-order valence-corrected chi connectivity index (χ2v) is 7.63. The molecule has 1 N–H and O–H groups in total. The molecule has 7 heteroatoms. The number of ether oxygens (including phenoxy) is 1. The molecule has 1 unspecified atom stereocenters. The Balaban J connectivity index is 1.88. The molecule has 2 rings (SSSR count). The lowest BCUT2D eigenvalue weighted by Gasteiger charge is -2.37. The molecule has 118 valence electrons. The summed E-state index contributed by atoms with van der Waals surface area (Å²) in [6.45, 7) is 8.72. The summed E-state index contributed by atoms with van der Waals surface area (Å²) in [4.78, 5) is 0. The maximum Gasteiger partial charge on any atom is 0.282 e. The van der Waals surface area contributed by atoms with Crippen molar-refractivity contribution in [3.63, 3.8) is 0 Å². The van der Waals surface area contributed by atoms with Gasteiger partial charge in [-0.3, -0.25) is 0 Å². The molecule has 0 aromatic heterocycles. The molecular weight excluding hydrogens is 278 g/mol. The zero-order valence-corrected chi connectivity index (χ0v) is 13.4. The molecule has 2 aliphatic heterocycles. The number of nitrogens with one attached hydrogen (secondary N) is 1. The predicted octanol–water partition coefficient (Wildman–Crippen LogP) is 0.273. The van der Waals surface area contributed by atoms with Gasteiger partial charge in [-0.15, -0.1) is 0 Å². The lowest BCUT2D eigenvalue weighted by Crippen LogP contribution is -2.52. The zero-order chi connectivity index (χ0) is 14.6. The minimum absolute atomic E-state index is 0.00943. The van der Waals surface area contributed by atoms with Gasteiger partial charge in [-0.1, -0.05) is 6.92 Å². The summed E-state index contributed by atoms with van der Waals surface area (Å²) in [5.41, 5.74) is 0. The van der Waals surface area contributed by atoms with Crippen LogP contribution in [-0.4, -0.2) is 69.0 Å². The molecule has 6 nitrogen and oxygen atoms in total. The highest BCUT2D eigenvalue weighted by Gasteiger charge is 2.34. The molecule has 0 saturated carbocycles. The molecule has 0 spiro atoms. The van der Waals surface area contributed by atoms with E-state index in [1.54, 1.807) is 8.61 Å². The minimum Gasteiger partial charge on any atom is -0.376 e. The molecule has 2 fully saturated rings. The van der Waals surface area contributed by atoms with Crippen LogP contribution in [0.5, 0.6) is 0 Å². The van der Waals surface area contributed by atoms with E-state index in [0.29, 0.717) is 38.7 Å². The highest BCUT2D eigenvalue weighted by atomic mass is 32.2. The maximum absolute atomic E-state index is 12.6. The van der Waals surface area contributed by atoms with Crippen molar-refractivity contribution in [2.75, 3.05) is 45.9 Å². The first-order chi connectivity index (χ1) is 9.54. The molecule has 0 amide bonds. The van der Waals surface area contributed by atoms with E-state index in [-0.39, 0.29) is 6.10 Å². The van der Waals surface area contributed by atoms with Gasteiger partial charge in [-0.05, 0) is 38.8 Å². The van der Waals surface area contributed by atoms with E-state index in [9.17, 15) is 8.42 Å². The summed E-state index contributed by atoms with van der Waals surface area (Å²) in [5, 5.41) is 3.35. The largest absolute Gasteiger partial charge is 0.376 e. The zero-order valence-electron chi connectivity index (χ0n) is 12.5. The van der Waals surface area contributed by atoms with Gasteiger partial charge in [0.15, 0.2) is 0 Å². The summed E-state index contributed by atoms with van der Waals surface area (Å²) < 4.78 is 33.8. The molecular formula is C13H27N3O3S. The first-order valence-electron chi connectivity index (χ1n) is 7.61. The van der Waals surface area contributed by atoms with Crippen LogP contribution >= 0.6 is 0 Å². The number of nitrogens with zero attached hydrogens (tertiary/aromatic N) is 2. The van der Waals surface area contributed by atoms with Gasteiger partial charge >= 0.3 is 0 Å². The summed E-state index contributed by atoms with van der Waals surface area (Å²) >= 11 is 0. The topological polar surface area (TPSA) is 61.9 Å². The van der Waals surface area contributed by atoms with Crippen molar-refractivity contribution in [2.45, 2.75) is 32.8 Å². The third-order valence-electron chi connectivity index (χ3n) is 4.11. The van der Waals surface area contributed by atoms with E-state index >= 15 is 0 Å². The van der Waals surface area contributed by atoms with Gasteiger partial charge in [-0.25, -0.2) is 0 Å². The van der Waals surface area contributed by atoms with Gasteiger partial charge in [0, 0.05) is 26.2 Å². The number of hydrogen-bond acceptors (Lipinski definition) is 4. The van der Waals surface area contributed by atoms with Gasteiger partial charge in [0.1, 0.15) is 0 Å². The average Bonchev–Trinajstić information content (AvgIpc) is 2.45. The summed E-state index contributed by atoms with van der Waals surface area (Å²) in [5.74, 6) is 0.602. The van der Waals surface area contributed by atoms with Gasteiger partial charge in [0.05, 0.1) is 12.7 Å². The first-order valence-corrected chi connectivity index (χ1v) is 9.01. The van der Waals surface area contributed by atoms with Crippen molar-refractivity contribution in [3.05, 3.63) is 0 Å². The number of hydrogen-bond donors (Lipinski definition) is 1. The Morgan fingerprint density at radius 1 is 1.20 bits per heavy atom. The molecule has 0 aliphatic carbocycles. The molecule has 1 atom stereocenters. The Kier molecular flexibility index (Phi) is 5.80. The van der Waals surface area contributed by atoms with E-state index in [0.717, 1.165) is 25.9 Å². The lowest BCUT2D eigenvalue weighted by molar-refractivity contribution is 0.00789. The highest BCUT2D eigenvalue weighted by Crippen LogP contribution is 2.22. The Morgan fingerprint density at radius 3 is 2.50 bits per heavy atom. The fourth-order valence-electron chi connectivity index (χ4n) is 2.85. The van der Waals surface area contributed by atoms with E-state index in [1.807, 2.05) is 6.92 Å². The first kappa shape index (κ1) is 16.2. The van der Waals surface area contributed by atoms with Gasteiger partial charge < -0.3 is 10.1 Å². The van der Waals surface area contributed by atoms with Crippen molar-refractivity contribution in [1.29, 1.82) is 0 Å².